The first-order chi connectivity index (χ1) is 13.8. The molecule has 2 aromatic rings. The molecule has 0 aromatic heterocycles. The zero-order valence-electron chi connectivity index (χ0n) is 17.5. The molecular weight excluding hydrogens is 366 g/mol. The summed E-state index contributed by atoms with van der Waals surface area (Å²) in [6, 6.07) is 13.4. The number of aryl methyl sites for hydroxylation is 3. The number of likely N-dealkylation sites (N-methyl/N-ethyl adjacent to an activating group) is 1. The number of benzene rings is 2. The Morgan fingerprint density at radius 3 is 2.17 bits per heavy atom. The second-order valence-corrected chi connectivity index (χ2v) is 7.33. The summed E-state index contributed by atoms with van der Waals surface area (Å²) in [6.45, 7) is 6.11. The fourth-order valence-corrected chi connectivity index (χ4v) is 3.20. The molecule has 0 aliphatic carbocycles. The molecule has 6 heteroatoms. The average molecular weight is 396 g/mol. The highest BCUT2D eigenvalue weighted by molar-refractivity contribution is 5.95. The highest BCUT2D eigenvalue weighted by Crippen LogP contribution is 2.21. The maximum absolute atomic E-state index is 12.3. The van der Waals surface area contributed by atoms with Crippen LogP contribution in [0.4, 0.5) is 5.69 Å². The summed E-state index contributed by atoms with van der Waals surface area (Å²) in [7, 11) is 1.59. The molecule has 0 unspecified atom stereocenters. The van der Waals surface area contributed by atoms with E-state index in [4.69, 9.17) is 0 Å². The molecule has 154 valence electrons. The molecule has 0 fully saturated rings. The molecule has 0 bridgehead atoms. The Morgan fingerprint density at radius 1 is 0.931 bits per heavy atom. The Kier molecular flexibility index (Phi) is 7.95. The third kappa shape index (κ3) is 7.07. The number of carbonyl (C=O) groups is 3. The lowest BCUT2D eigenvalue weighted by atomic mass is 10.1. The molecule has 0 aliphatic rings. The van der Waals surface area contributed by atoms with Gasteiger partial charge in [-0.15, -0.1) is 0 Å². The van der Waals surface area contributed by atoms with Gasteiger partial charge in [0.2, 0.25) is 17.7 Å². The summed E-state index contributed by atoms with van der Waals surface area (Å²) in [5, 5.41) is 5.63. The number of hydrogen-bond donors (Lipinski definition) is 2. The summed E-state index contributed by atoms with van der Waals surface area (Å²) in [5.41, 5.74) is 4.83. The second-order valence-electron chi connectivity index (χ2n) is 7.33. The van der Waals surface area contributed by atoms with Crippen molar-refractivity contribution in [2.45, 2.75) is 33.6 Å². The smallest absolute Gasteiger partial charge is 0.243 e. The van der Waals surface area contributed by atoms with Crippen molar-refractivity contribution in [1.29, 1.82) is 0 Å². The quantitative estimate of drug-likeness (QED) is 0.721. The Balaban J connectivity index is 1.75. The van der Waals surface area contributed by atoms with E-state index in [9.17, 15) is 14.4 Å². The first-order valence-corrected chi connectivity index (χ1v) is 9.68. The molecule has 0 saturated heterocycles. The molecule has 0 spiro atoms. The molecule has 0 atom stereocenters. The van der Waals surface area contributed by atoms with Gasteiger partial charge in [-0.2, -0.15) is 0 Å². The SMILES string of the molecule is Cc1cc(C)c(NC(=O)CN(C)C(=O)CCNC(=O)Cc2ccccc2)c(C)c1. The molecule has 6 nitrogen and oxygen atoms in total. The van der Waals surface area contributed by atoms with E-state index in [0.29, 0.717) is 0 Å². The van der Waals surface area contributed by atoms with Crippen LogP contribution in [0.15, 0.2) is 42.5 Å². The van der Waals surface area contributed by atoms with Crippen LogP contribution in [-0.4, -0.2) is 42.8 Å². The van der Waals surface area contributed by atoms with Crippen LogP contribution in [0.3, 0.4) is 0 Å². The van der Waals surface area contributed by atoms with E-state index in [1.165, 1.54) is 4.90 Å². The minimum absolute atomic E-state index is 0.0381. The highest BCUT2D eigenvalue weighted by atomic mass is 16.2. The lowest BCUT2D eigenvalue weighted by Crippen LogP contribution is -2.37. The molecular formula is C23H29N3O3. The van der Waals surface area contributed by atoms with Crippen molar-refractivity contribution in [2.75, 3.05) is 25.5 Å². The van der Waals surface area contributed by atoms with Crippen molar-refractivity contribution in [3.05, 3.63) is 64.7 Å². The van der Waals surface area contributed by atoms with E-state index in [1.54, 1.807) is 7.05 Å². The van der Waals surface area contributed by atoms with E-state index in [-0.39, 0.29) is 43.7 Å². The fourth-order valence-electron chi connectivity index (χ4n) is 3.20. The molecule has 29 heavy (non-hydrogen) atoms. The standard InChI is InChI=1S/C23H29N3O3/c1-16-12-17(2)23(18(3)13-16)25-21(28)15-26(4)22(29)10-11-24-20(27)14-19-8-6-5-7-9-19/h5-9,12-13H,10-11,14-15H2,1-4H3,(H,24,27)(H,25,28). The Hall–Kier alpha value is -3.15. The molecule has 3 amide bonds. The summed E-state index contributed by atoms with van der Waals surface area (Å²) >= 11 is 0. The lowest BCUT2D eigenvalue weighted by Gasteiger charge is -2.18. The molecule has 2 rings (SSSR count). The number of rotatable bonds is 8. The molecule has 0 radical (unpaired) electrons. The van der Waals surface area contributed by atoms with E-state index >= 15 is 0 Å². The van der Waals surface area contributed by atoms with Gasteiger partial charge in [-0.1, -0.05) is 48.0 Å². The van der Waals surface area contributed by atoms with Gasteiger partial charge in [0.15, 0.2) is 0 Å². The van der Waals surface area contributed by atoms with Crippen LogP contribution in [-0.2, 0) is 20.8 Å². The molecule has 2 aromatic carbocycles. The first kappa shape index (κ1) is 22.1. The number of carbonyl (C=O) groups excluding carboxylic acids is 3. The molecule has 2 N–H and O–H groups in total. The van der Waals surface area contributed by atoms with Crippen LogP contribution in [0.25, 0.3) is 0 Å². The van der Waals surface area contributed by atoms with Crippen LogP contribution in [0.2, 0.25) is 0 Å². The van der Waals surface area contributed by atoms with Crippen molar-refractivity contribution < 1.29 is 14.4 Å². The van der Waals surface area contributed by atoms with E-state index in [2.05, 4.69) is 10.6 Å². The maximum Gasteiger partial charge on any atom is 0.243 e. The summed E-state index contributed by atoms with van der Waals surface area (Å²) in [4.78, 5) is 37.9. The van der Waals surface area contributed by atoms with Gasteiger partial charge in [0.25, 0.3) is 0 Å². The number of nitrogens with zero attached hydrogens (tertiary/aromatic N) is 1. The van der Waals surface area contributed by atoms with Crippen molar-refractivity contribution >= 4 is 23.4 Å². The Morgan fingerprint density at radius 2 is 1.55 bits per heavy atom. The van der Waals surface area contributed by atoms with Crippen LogP contribution >= 0.6 is 0 Å². The van der Waals surface area contributed by atoms with Gasteiger partial charge in [-0.3, -0.25) is 14.4 Å². The zero-order valence-corrected chi connectivity index (χ0v) is 17.5. The lowest BCUT2D eigenvalue weighted by molar-refractivity contribution is -0.133. The number of hydrogen-bond acceptors (Lipinski definition) is 3. The summed E-state index contributed by atoms with van der Waals surface area (Å²) in [5.74, 6) is -0.573. The minimum Gasteiger partial charge on any atom is -0.355 e. The van der Waals surface area contributed by atoms with Crippen molar-refractivity contribution in [1.82, 2.24) is 10.2 Å². The number of anilines is 1. The number of amides is 3. The molecule has 0 saturated carbocycles. The first-order valence-electron chi connectivity index (χ1n) is 9.68. The number of nitrogens with one attached hydrogen (secondary N) is 2. The van der Waals surface area contributed by atoms with Gasteiger partial charge in [0.1, 0.15) is 0 Å². The molecule has 0 heterocycles. The second kappa shape index (κ2) is 10.4. The Bertz CT molecular complexity index is 855. The van der Waals surface area contributed by atoms with Gasteiger partial charge in [-0.25, -0.2) is 0 Å². The highest BCUT2D eigenvalue weighted by Gasteiger charge is 2.15. The van der Waals surface area contributed by atoms with E-state index in [1.807, 2.05) is 63.2 Å². The van der Waals surface area contributed by atoms with Gasteiger partial charge in [-0.05, 0) is 37.5 Å². The Labute approximate surface area is 172 Å². The topological polar surface area (TPSA) is 78.5 Å². The normalized spacial score (nSPS) is 10.3. The van der Waals surface area contributed by atoms with Crippen molar-refractivity contribution in [2.24, 2.45) is 0 Å². The zero-order chi connectivity index (χ0) is 21.4. The third-order valence-corrected chi connectivity index (χ3v) is 4.62. The van der Waals surface area contributed by atoms with E-state index < -0.39 is 0 Å². The van der Waals surface area contributed by atoms with Crippen LogP contribution in [0.1, 0.15) is 28.7 Å². The average Bonchev–Trinajstić information content (AvgIpc) is 2.65. The predicted octanol–water partition coefficient (Wildman–Crippen LogP) is 2.76. The minimum atomic E-state index is -0.246. The monoisotopic (exact) mass is 395 g/mol. The van der Waals surface area contributed by atoms with Gasteiger partial charge >= 0.3 is 0 Å². The molecule has 0 aliphatic heterocycles. The predicted molar refractivity (Wildman–Crippen MR) is 115 cm³/mol. The van der Waals surface area contributed by atoms with Crippen LogP contribution in [0.5, 0.6) is 0 Å². The fraction of sp³-hybridized carbons (Fsp3) is 0.348. The third-order valence-electron chi connectivity index (χ3n) is 4.62. The van der Waals surface area contributed by atoms with Gasteiger partial charge < -0.3 is 15.5 Å². The summed E-state index contributed by atoms with van der Waals surface area (Å²) < 4.78 is 0. The van der Waals surface area contributed by atoms with Gasteiger partial charge in [0.05, 0.1) is 13.0 Å². The largest absolute Gasteiger partial charge is 0.355 e. The summed E-state index contributed by atoms with van der Waals surface area (Å²) in [6.07, 6.45) is 0.426. The van der Waals surface area contributed by atoms with E-state index in [0.717, 1.165) is 27.9 Å². The van der Waals surface area contributed by atoms with Crippen molar-refractivity contribution in [3.8, 4) is 0 Å². The van der Waals surface area contributed by atoms with Crippen LogP contribution in [0, 0.1) is 20.8 Å². The maximum atomic E-state index is 12.3. The van der Waals surface area contributed by atoms with Crippen molar-refractivity contribution in [3.63, 3.8) is 0 Å². The van der Waals surface area contributed by atoms with Crippen LogP contribution < -0.4 is 10.6 Å². The van der Waals surface area contributed by atoms with Gasteiger partial charge in [0, 0.05) is 25.7 Å².